The van der Waals surface area contributed by atoms with E-state index in [1.807, 2.05) is 6.92 Å². The molecule has 0 heterocycles. The third kappa shape index (κ3) is 3.85. The second-order valence-electron chi connectivity index (χ2n) is 7.27. The molecule has 134 valence electrons. The molecular weight excluding hydrogens is 318 g/mol. The fourth-order valence-corrected chi connectivity index (χ4v) is 4.14. The van der Waals surface area contributed by atoms with E-state index >= 15 is 0 Å². The Morgan fingerprint density at radius 3 is 2.54 bits per heavy atom. The average Bonchev–Trinajstić information content (AvgIpc) is 2.69. The minimum absolute atomic E-state index is 0.540. The Labute approximate surface area is 156 Å². The summed E-state index contributed by atoms with van der Waals surface area (Å²) in [5.74, 6) is 1.59. The normalized spacial score (nSPS) is 20.0. The summed E-state index contributed by atoms with van der Waals surface area (Å²) in [4.78, 5) is 0. The van der Waals surface area contributed by atoms with Gasteiger partial charge >= 0.3 is 0 Å². The van der Waals surface area contributed by atoms with Crippen molar-refractivity contribution in [2.75, 3.05) is 11.9 Å². The van der Waals surface area contributed by atoms with Crippen LogP contribution in [0.5, 0.6) is 5.75 Å². The van der Waals surface area contributed by atoms with Gasteiger partial charge in [-0.1, -0.05) is 48.9 Å². The molecular formula is C24H27NO. The maximum atomic E-state index is 5.53. The van der Waals surface area contributed by atoms with Gasteiger partial charge in [0.2, 0.25) is 0 Å². The van der Waals surface area contributed by atoms with Gasteiger partial charge in [-0.15, -0.1) is 0 Å². The third-order valence-corrected chi connectivity index (χ3v) is 5.46. The van der Waals surface area contributed by atoms with Crippen LogP contribution in [0.1, 0.15) is 44.1 Å². The highest BCUT2D eigenvalue weighted by atomic mass is 16.5. The number of rotatable bonds is 5. The highest BCUT2D eigenvalue weighted by Crippen LogP contribution is 2.35. The Balaban J connectivity index is 1.44. The van der Waals surface area contributed by atoms with Gasteiger partial charge in [0.15, 0.2) is 0 Å². The van der Waals surface area contributed by atoms with Crippen LogP contribution in [-0.4, -0.2) is 12.6 Å². The zero-order chi connectivity index (χ0) is 17.8. The summed E-state index contributed by atoms with van der Waals surface area (Å²) in [6.07, 6.45) is 5.02. The number of anilines is 1. The number of ether oxygens (including phenoxy) is 1. The van der Waals surface area contributed by atoms with Gasteiger partial charge in [-0.05, 0) is 72.7 Å². The van der Waals surface area contributed by atoms with Crippen molar-refractivity contribution >= 4 is 16.5 Å². The minimum atomic E-state index is 0.540. The van der Waals surface area contributed by atoms with E-state index in [9.17, 15) is 0 Å². The predicted octanol–water partition coefficient (Wildman–Crippen LogP) is 6.38. The second kappa shape index (κ2) is 7.82. The van der Waals surface area contributed by atoms with E-state index in [0.29, 0.717) is 18.6 Å². The Morgan fingerprint density at radius 1 is 0.923 bits per heavy atom. The van der Waals surface area contributed by atoms with E-state index in [4.69, 9.17) is 4.74 Å². The Morgan fingerprint density at radius 2 is 1.73 bits per heavy atom. The fraction of sp³-hybridized carbons (Fsp3) is 0.333. The lowest BCUT2D eigenvalue weighted by Gasteiger charge is -2.31. The molecule has 1 fully saturated rings. The number of hydrogen-bond donors (Lipinski definition) is 1. The third-order valence-electron chi connectivity index (χ3n) is 5.46. The van der Waals surface area contributed by atoms with Gasteiger partial charge in [-0.3, -0.25) is 0 Å². The predicted molar refractivity (Wildman–Crippen MR) is 110 cm³/mol. The first-order chi connectivity index (χ1) is 12.8. The summed E-state index contributed by atoms with van der Waals surface area (Å²) < 4.78 is 5.53. The van der Waals surface area contributed by atoms with Gasteiger partial charge in [-0.25, -0.2) is 0 Å². The van der Waals surface area contributed by atoms with Gasteiger partial charge in [0.05, 0.1) is 6.61 Å². The molecule has 2 heteroatoms. The summed E-state index contributed by atoms with van der Waals surface area (Å²) in [5.41, 5.74) is 2.68. The molecule has 26 heavy (non-hydrogen) atoms. The first-order valence-corrected chi connectivity index (χ1v) is 9.80. The summed E-state index contributed by atoms with van der Waals surface area (Å²) in [6, 6.07) is 24.5. The first-order valence-electron chi connectivity index (χ1n) is 9.80. The van der Waals surface area contributed by atoms with E-state index < -0.39 is 0 Å². The van der Waals surface area contributed by atoms with Crippen LogP contribution in [0.15, 0.2) is 66.7 Å². The van der Waals surface area contributed by atoms with Crippen LogP contribution < -0.4 is 10.1 Å². The van der Waals surface area contributed by atoms with Crippen molar-refractivity contribution in [3.63, 3.8) is 0 Å². The molecule has 1 N–H and O–H groups in total. The van der Waals surface area contributed by atoms with Gasteiger partial charge in [0.1, 0.15) is 5.75 Å². The van der Waals surface area contributed by atoms with Crippen LogP contribution >= 0.6 is 0 Å². The SMILES string of the molecule is CCOc1ccc(N[C@@H]2CCC[C@H](c3ccc4ccccc4c3)C2)cc1. The molecule has 4 rings (SSSR count). The molecule has 1 aliphatic rings. The molecule has 0 bridgehead atoms. The van der Waals surface area contributed by atoms with Crippen LogP contribution in [0, 0.1) is 0 Å². The molecule has 0 aliphatic heterocycles. The Kier molecular flexibility index (Phi) is 5.10. The highest BCUT2D eigenvalue weighted by Gasteiger charge is 2.23. The maximum absolute atomic E-state index is 5.53. The smallest absolute Gasteiger partial charge is 0.119 e. The molecule has 2 nitrogen and oxygen atoms in total. The molecule has 0 aromatic heterocycles. The minimum Gasteiger partial charge on any atom is -0.494 e. The first kappa shape index (κ1) is 17.0. The lowest BCUT2D eigenvalue weighted by atomic mass is 9.81. The second-order valence-corrected chi connectivity index (χ2v) is 7.27. The monoisotopic (exact) mass is 345 g/mol. The zero-order valence-electron chi connectivity index (χ0n) is 15.4. The standard InChI is InChI=1S/C24H27NO/c1-2-26-24-14-12-22(13-15-24)25-23-9-5-8-20(17-23)21-11-10-18-6-3-4-7-19(18)16-21/h3-4,6-7,10-16,20,23,25H,2,5,8-9,17H2,1H3/t20-,23+/m0/s1. The number of nitrogens with one attached hydrogen (secondary N) is 1. The van der Waals surface area contributed by atoms with Crippen molar-refractivity contribution in [1.29, 1.82) is 0 Å². The van der Waals surface area contributed by atoms with Crippen molar-refractivity contribution in [2.45, 2.75) is 44.6 Å². The van der Waals surface area contributed by atoms with Crippen molar-refractivity contribution in [3.05, 3.63) is 72.3 Å². The molecule has 3 aromatic carbocycles. The van der Waals surface area contributed by atoms with Gasteiger partial charge < -0.3 is 10.1 Å². The fourth-order valence-electron chi connectivity index (χ4n) is 4.14. The Hall–Kier alpha value is -2.48. The molecule has 3 aromatic rings. The van der Waals surface area contributed by atoms with E-state index in [0.717, 1.165) is 5.75 Å². The number of hydrogen-bond acceptors (Lipinski definition) is 2. The summed E-state index contributed by atoms with van der Waals surface area (Å²) >= 11 is 0. The molecule has 0 amide bonds. The number of benzene rings is 3. The average molecular weight is 345 g/mol. The van der Waals surface area contributed by atoms with Crippen LogP contribution in [0.4, 0.5) is 5.69 Å². The van der Waals surface area contributed by atoms with Gasteiger partial charge in [0, 0.05) is 11.7 Å². The zero-order valence-corrected chi connectivity index (χ0v) is 15.4. The van der Waals surface area contributed by atoms with Gasteiger partial charge in [-0.2, -0.15) is 0 Å². The molecule has 2 atom stereocenters. The topological polar surface area (TPSA) is 21.3 Å². The summed E-state index contributed by atoms with van der Waals surface area (Å²) in [7, 11) is 0. The largest absolute Gasteiger partial charge is 0.494 e. The van der Waals surface area contributed by atoms with Crippen LogP contribution in [0.25, 0.3) is 10.8 Å². The van der Waals surface area contributed by atoms with E-state index in [1.165, 1.54) is 47.7 Å². The van der Waals surface area contributed by atoms with Crippen molar-refractivity contribution in [3.8, 4) is 5.75 Å². The van der Waals surface area contributed by atoms with Crippen LogP contribution in [0.3, 0.4) is 0 Å². The summed E-state index contributed by atoms with van der Waals surface area (Å²) in [5, 5.41) is 6.41. The quantitative estimate of drug-likeness (QED) is 0.579. The van der Waals surface area contributed by atoms with Crippen molar-refractivity contribution < 1.29 is 4.74 Å². The lowest BCUT2D eigenvalue weighted by Crippen LogP contribution is -2.26. The number of fused-ring (bicyclic) bond motifs is 1. The molecule has 0 unspecified atom stereocenters. The maximum Gasteiger partial charge on any atom is 0.119 e. The van der Waals surface area contributed by atoms with Crippen molar-refractivity contribution in [1.82, 2.24) is 0 Å². The van der Waals surface area contributed by atoms with Crippen LogP contribution in [0.2, 0.25) is 0 Å². The molecule has 0 radical (unpaired) electrons. The van der Waals surface area contributed by atoms with Crippen molar-refractivity contribution in [2.24, 2.45) is 0 Å². The van der Waals surface area contributed by atoms with E-state index in [-0.39, 0.29) is 0 Å². The van der Waals surface area contributed by atoms with Crippen LogP contribution in [-0.2, 0) is 0 Å². The van der Waals surface area contributed by atoms with Gasteiger partial charge in [0.25, 0.3) is 0 Å². The van der Waals surface area contributed by atoms with E-state index in [1.54, 1.807) is 0 Å². The highest BCUT2D eigenvalue weighted by molar-refractivity contribution is 5.83. The lowest BCUT2D eigenvalue weighted by molar-refractivity contribution is 0.340. The molecule has 0 saturated heterocycles. The summed E-state index contributed by atoms with van der Waals surface area (Å²) in [6.45, 7) is 2.73. The van der Waals surface area contributed by atoms with E-state index in [2.05, 4.69) is 72.0 Å². The molecule has 0 spiro atoms. The molecule has 1 saturated carbocycles. The Bertz CT molecular complexity index is 855. The molecule has 1 aliphatic carbocycles.